The van der Waals surface area contributed by atoms with Crippen molar-refractivity contribution >= 4 is 17.5 Å². The number of nitrogens with zero attached hydrogens (tertiary/aromatic N) is 5. The molecular formula is C12H17ClN6O. The van der Waals surface area contributed by atoms with Crippen LogP contribution in [0.4, 0.5) is 5.95 Å². The van der Waals surface area contributed by atoms with Gasteiger partial charge in [0.2, 0.25) is 11.2 Å². The standard InChI is InChI=1S/C12H17ClN6O/c1-3-12(2,5-8-20)18-10-15-9(13)16-11(17-10)19-7-4-6-14-19/h4,6-7,20H,3,5,8H2,1-2H3,(H,15,16,17,18). The van der Waals surface area contributed by atoms with Crippen LogP contribution in [0.15, 0.2) is 18.5 Å². The van der Waals surface area contributed by atoms with Gasteiger partial charge >= 0.3 is 0 Å². The SMILES string of the molecule is CCC(C)(CCO)Nc1nc(Cl)nc(-n2cccn2)n1. The molecule has 2 aromatic rings. The molecule has 0 saturated carbocycles. The van der Waals surface area contributed by atoms with E-state index in [1.807, 2.05) is 13.8 Å². The molecule has 0 aliphatic rings. The Labute approximate surface area is 122 Å². The fraction of sp³-hybridized carbons (Fsp3) is 0.500. The van der Waals surface area contributed by atoms with Gasteiger partial charge in [0.25, 0.3) is 5.95 Å². The van der Waals surface area contributed by atoms with E-state index in [1.54, 1.807) is 18.5 Å². The molecule has 0 radical (unpaired) electrons. The van der Waals surface area contributed by atoms with Crippen molar-refractivity contribution in [2.75, 3.05) is 11.9 Å². The average Bonchev–Trinajstić information content (AvgIpc) is 2.92. The summed E-state index contributed by atoms with van der Waals surface area (Å²) in [5, 5.41) is 16.5. The van der Waals surface area contributed by atoms with Crippen LogP contribution in [-0.4, -0.2) is 42.0 Å². The molecule has 0 amide bonds. The average molecular weight is 297 g/mol. The van der Waals surface area contributed by atoms with Crippen molar-refractivity contribution < 1.29 is 5.11 Å². The van der Waals surface area contributed by atoms with Crippen molar-refractivity contribution in [2.24, 2.45) is 0 Å². The van der Waals surface area contributed by atoms with Crippen LogP contribution in [0.25, 0.3) is 5.95 Å². The zero-order valence-electron chi connectivity index (χ0n) is 11.4. The third-order valence-corrected chi connectivity index (χ3v) is 3.33. The lowest BCUT2D eigenvalue weighted by Crippen LogP contribution is -2.36. The number of aliphatic hydroxyl groups is 1. The highest BCUT2D eigenvalue weighted by Gasteiger charge is 2.23. The van der Waals surface area contributed by atoms with E-state index in [0.717, 1.165) is 6.42 Å². The first-order valence-electron chi connectivity index (χ1n) is 6.37. The third-order valence-electron chi connectivity index (χ3n) is 3.16. The lowest BCUT2D eigenvalue weighted by molar-refractivity contribution is 0.251. The first-order valence-corrected chi connectivity index (χ1v) is 6.75. The van der Waals surface area contributed by atoms with Gasteiger partial charge in [-0.2, -0.15) is 20.1 Å². The number of anilines is 1. The quantitative estimate of drug-likeness (QED) is 0.843. The molecule has 0 bridgehead atoms. The maximum atomic E-state index is 9.14. The van der Waals surface area contributed by atoms with E-state index in [9.17, 15) is 0 Å². The van der Waals surface area contributed by atoms with E-state index in [4.69, 9.17) is 16.7 Å². The topological polar surface area (TPSA) is 88.8 Å². The minimum atomic E-state index is -0.305. The molecule has 8 heteroatoms. The van der Waals surface area contributed by atoms with E-state index in [2.05, 4.69) is 25.4 Å². The van der Waals surface area contributed by atoms with Crippen molar-refractivity contribution in [3.05, 3.63) is 23.7 Å². The van der Waals surface area contributed by atoms with Crippen LogP contribution in [0.3, 0.4) is 0 Å². The van der Waals surface area contributed by atoms with Crippen LogP contribution < -0.4 is 5.32 Å². The van der Waals surface area contributed by atoms with Gasteiger partial charge in [-0.25, -0.2) is 4.68 Å². The molecule has 0 aliphatic carbocycles. The number of rotatable bonds is 6. The van der Waals surface area contributed by atoms with Gasteiger partial charge in [-0.15, -0.1) is 0 Å². The van der Waals surface area contributed by atoms with Crippen molar-refractivity contribution in [2.45, 2.75) is 32.2 Å². The Morgan fingerprint density at radius 3 is 2.80 bits per heavy atom. The van der Waals surface area contributed by atoms with Gasteiger partial charge in [-0.3, -0.25) is 0 Å². The number of hydrogen-bond donors (Lipinski definition) is 2. The molecule has 108 valence electrons. The molecule has 7 nitrogen and oxygen atoms in total. The predicted octanol–water partition coefficient (Wildman–Crippen LogP) is 1.67. The minimum absolute atomic E-state index is 0.0855. The van der Waals surface area contributed by atoms with Crippen LogP contribution >= 0.6 is 11.6 Å². The molecule has 2 N–H and O–H groups in total. The Morgan fingerprint density at radius 1 is 1.40 bits per heavy atom. The second-order valence-corrected chi connectivity index (χ2v) is 5.03. The van der Waals surface area contributed by atoms with Gasteiger partial charge < -0.3 is 10.4 Å². The van der Waals surface area contributed by atoms with Crippen molar-refractivity contribution in [1.29, 1.82) is 0 Å². The van der Waals surface area contributed by atoms with E-state index in [0.29, 0.717) is 18.3 Å². The molecule has 1 atom stereocenters. The summed E-state index contributed by atoms with van der Waals surface area (Å²) in [6.07, 6.45) is 4.76. The lowest BCUT2D eigenvalue weighted by Gasteiger charge is -2.28. The van der Waals surface area contributed by atoms with Crippen molar-refractivity contribution in [3.8, 4) is 5.95 Å². The first-order chi connectivity index (χ1) is 9.56. The van der Waals surface area contributed by atoms with Gasteiger partial charge in [0.1, 0.15) is 0 Å². The predicted molar refractivity (Wildman–Crippen MR) is 76.0 cm³/mol. The van der Waals surface area contributed by atoms with Gasteiger partial charge in [-0.1, -0.05) is 6.92 Å². The van der Waals surface area contributed by atoms with Gasteiger partial charge in [0.05, 0.1) is 0 Å². The monoisotopic (exact) mass is 296 g/mol. The van der Waals surface area contributed by atoms with E-state index in [-0.39, 0.29) is 17.4 Å². The summed E-state index contributed by atoms with van der Waals surface area (Å²) in [7, 11) is 0. The van der Waals surface area contributed by atoms with Crippen LogP contribution in [0.1, 0.15) is 26.7 Å². The summed E-state index contributed by atoms with van der Waals surface area (Å²) in [6.45, 7) is 4.11. The molecule has 2 aromatic heterocycles. The second kappa shape index (κ2) is 6.15. The Kier molecular flexibility index (Phi) is 4.51. The number of aromatic nitrogens is 5. The zero-order valence-corrected chi connectivity index (χ0v) is 12.2. The van der Waals surface area contributed by atoms with Crippen molar-refractivity contribution in [1.82, 2.24) is 24.7 Å². The summed E-state index contributed by atoms with van der Waals surface area (Å²) >= 11 is 5.92. The van der Waals surface area contributed by atoms with E-state index < -0.39 is 0 Å². The number of aliphatic hydroxyl groups excluding tert-OH is 1. The molecule has 0 saturated heterocycles. The largest absolute Gasteiger partial charge is 0.396 e. The first kappa shape index (κ1) is 14.7. The molecule has 0 fully saturated rings. The number of hydrogen-bond acceptors (Lipinski definition) is 6. The smallest absolute Gasteiger partial charge is 0.256 e. The summed E-state index contributed by atoms with van der Waals surface area (Å²) < 4.78 is 1.51. The maximum Gasteiger partial charge on any atom is 0.256 e. The maximum absolute atomic E-state index is 9.14. The Balaban J connectivity index is 2.28. The molecule has 2 heterocycles. The third kappa shape index (κ3) is 3.43. The number of halogens is 1. The minimum Gasteiger partial charge on any atom is -0.396 e. The van der Waals surface area contributed by atoms with Crippen LogP contribution in [-0.2, 0) is 0 Å². The van der Waals surface area contributed by atoms with Crippen LogP contribution in [0.5, 0.6) is 0 Å². The molecule has 2 rings (SSSR count). The Morgan fingerprint density at radius 2 is 2.20 bits per heavy atom. The molecule has 0 spiro atoms. The molecule has 0 aromatic carbocycles. The van der Waals surface area contributed by atoms with Gasteiger partial charge in [0, 0.05) is 24.5 Å². The summed E-state index contributed by atoms with van der Waals surface area (Å²) in [5.74, 6) is 0.716. The number of nitrogens with one attached hydrogen (secondary N) is 1. The van der Waals surface area contributed by atoms with E-state index >= 15 is 0 Å². The summed E-state index contributed by atoms with van der Waals surface area (Å²) in [6, 6.07) is 1.77. The molecule has 1 unspecified atom stereocenters. The lowest BCUT2D eigenvalue weighted by atomic mass is 9.95. The van der Waals surface area contributed by atoms with Crippen LogP contribution in [0.2, 0.25) is 5.28 Å². The highest BCUT2D eigenvalue weighted by molar-refractivity contribution is 6.28. The molecular weight excluding hydrogens is 280 g/mol. The van der Waals surface area contributed by atoms with Crippen LogP contribution in [0, 0.1) is 0 Å². The molecule has 20 heavy (non-hydrogen) atoms. The van der Waals surface area contributed by atoms with E-state index in [1.165, 1.54) is 4.68 Å². The highest BCUT2D eigenvalue weighted by atomic mass is 35.5. The Bertz CT molecular complexity index is 561. The normalized spacial score (nSPS) is 14.0. The Hall–Kier alpha value is -1.73. The zero-order chi connectivity index (χ0) is 14.6. The second-order valence-electron chi connectivity index (χ2n) is 4.69. The summed E-state index contributed by atoms with van der Waals surface area (Å²) in [5.41, 5.74) is -0.305. The summed E-state index contributed by atoms with van der Waals surface area (Å²) in [4.78, 5) is 12.4. The fourth-order valence-electron chi connectivity index (χ4n) is 1.73. The fourth-order valence-corrected chi connectivity index (χ4v) is 1.89. The van der Waals surface area contributed by atoms with Gasteiger partial charge in [0.15, 0.2) is 0 Å². The van der Waals surface area contributed by atoms with Crippen molar-refractivity contribution in [3.63, 3.8) is 0 Å². The van der Waals surface area contributed by atoms with Gasteiger partial charge in [-0.05, 0) is 37.4 Å². The molecule has 0 aliphatic heterocycles. The highest BCUT2D eigenvalue weighted by Crippen LogP contribution is 2.20.